The van der Waals surface area contributed by atoms with Crippen molar-refractivity contribution >= 4 is 11.0 Å². The van der Waals surface area contributed by atoms with Crippen LogP contribution in [0.5, 0.6) is 0 Å². The van der Waals surface area contributed by atoms with Crippen LogP contribution in [-0.4, -0.2) is 22.6 Å². The molecule has 0 spiro atoms. The van der Waals surface area contributed by atoms with Crippen LogP contribution in [0.2, 0.25) is 0 Å². The first-order valence-electron chi connectivity index (χ1n) is 7.06. The second-order valence-corrected chi connectivity index (χ2v) is 6.16. The van der Waals surface area contributed by atoms with Crippen molar-refractivity contribution in [2.45, 2.75) is 37.6 Å². The van der Waals surface area contributed by atoms with Gasteiger partial charge in [0.05, 0.1) is 11.0 Å². The Morgan fingerprint density at radius 2 is 2.26 bits per heavy atom. The minimum atomic E-state index is -0.200. The first-order valence-corrected chi connectivity index (χ1v) is 7.06. The molecule has 1 saturated carbocycles. The highest BCUT2D eigenvalue weighted by atomic mass is 19.1. The maximum absolute atomic E-state index is 13.4. The summed E-state index contributed by atoms with van der Waals surface area (Å²) in [6.07, 6.45) is 3.55. The lowest BCUT2D eigenvalue weighted by Gasteiger charge is -2.23. The molecule has 1 saturated heterocycles. The molecule has 2 fully saturated rings. The molecule has 4 heteroatoms. The van der Waals surface area contributed by atoms with E-state index >= 15 is 0 Å². The van der Waals surface area contributed by atoms with Gasteiger partial charge in [0.25, 0.3) is 0 Å². The van der Waals surface area contributed by atoms with Gasteiger partial charge in [-0.05, 0) is 37.9 Å². The Labute approximate surface area is 111 Å². The predicted molar refractivity (Wildman–Crippen MR) is 72.8 cm³/mol. The molecule has 3 nitrogen and oxygen atoms in total. The maximum Gasteiger partial charge on any atom is 0.125 e. The van der Waals surface area contributed by atoms with Crippen LogP contribution < -0.4 is 5.32 Å². The second-order valence-electron chi connectivity index (χ2n) is 6.16. The minimum Gasteiger partial charge on any atom is -0.324 e. The summed E-state index contributed by atoms with van der Waals surface area (Å²) in [5.41, 5.74) is 1.97. The van der Waals surface area contributed by atoms with Gasteiger partial charge in [-0.2, -0.15) is 0 Å². The molecule has 0 bridgehead atoms. The van der Waals surface area contributed by atoms with E-state index in [-0.39, 0.29) is 11.2 Å². The molecular formula is C15H18FN3. The van der Waals surface area contributed by atoms with E-state index in [2.05, 4.69) is 16.8 Å². The van der Waals surface area contributed by atoms with Gasteiger partial charge in [-0.15, -0.1) is 0 Å². The van der Waals surface area contributed by atoms with E-state index in [1.807, 2.05) is 6.07 Å². The van der Waals surface area contributed by atoms with E-state index in [0.717, 1.165) is 36.4 Å². The Balaban J connectivity index is 1.96. The molecule has 100 valence electrons. The maximum atomic E-state index is 13.4. The third-order valence-electron chi connectivity index (χ3n) is 4.47. The van der Waals surface area contributed by atoms with Gasteiger partial charge in [-0.1, -0.05) is 6.92 Å². The Morgan fingerprint density at radius 1 is 1.42 bits per heavy atom. The van der Waals surface area contributed by atoms with Gasteiger partial charge in [0, 0.05) is 24.1 Å². The SMILES string of the molecule is CC1(c2nc3cc(F)ccc3n2C2CC2)CCNC1. The van der Waals surface area contributed by atoms with Crippen molar-refractivity contribution in [2.24, 2.45) is 0 Å². The molecule has 19 heavy (non-hydrogen) atoms. The standard InChI is InChI=1S/C15H18FN3/c1-15(6-7-17-9-15)14-18-12-8-10(16)2-5-13(12)19(14)11-3-4-11/h2,5,8,11,17H,3-4,6-7,9H2,1H3. The van der Waals surface area contributed by atoms with Gasteiger partial charge in [-0.25, -0.2) is 9.37 Å². The van der Waals surface area contributed by atoms with Crippen LogP contribution in [0.3, 0.4) is 0 Å². The van der Waals surface area contributed by atoms with E-state index in [1.54, 1.807) is 12.1 Å². The van der Waals surface area contributed by atoms with Crippen LogP contribution in [0.15, 0.2) is 18.2 Å². The number of nitrogens with zero attached hydrogens (tertiary/aromatic N) is 2. The number of imidazole rings is 1. The number of nitrogens with one attached hydrogen (secondary N) is 1. The fraction of sp³-hybridized carbons (Fsp3) is 0.533. The van der Waals surface area contributed by atoms with Crippen LogP contribution in [0, 0.1) is 5.82 Å². The van der Waals surface area contributed by atoms with Crippen molar-refractivity contribution in [1.82, 2.24) is 14.9 Å². The lowest BCUT2D eigenvalue weighted by atomic mass is 9.88. The molecule has 4 rings (SSSR count). The van der Waals surface area contributed by atoms with Gasteiger partial charge < -0.3 is 9.88 Å². The van der Waals surface area contributed by atoms with E-state index in [0.29, 0.717) is 6.04 Å². The van der Waals surface area contributed by atoms with E-state index in [4.69, 9.17) is 4.98 Å². The monoisotopic (exact) mass is 259 g/mol. The van der Waals surface area contributed by atoms with Crippen molar-refractivity contribution in [3.05, 3.63) is 29.8 Å². The molecule has 1 aliphatic carbocycles. The molecule has 2 aromatic rings. The minimum absolute atomic E-state index is 0.0814. The summed E-state index contributed by atoms with van der Waals surface area (Å²) in [4.78, 5) is 4.77. The summed E-state index contributed by atoms with van der Waals surface area (Å²) < 4.78 is 15.8. The lowest BCUT2D eigenvalue weighted by Crippen LogP contribution is -2.29. The summed E-state index contributed by atoms with van der Waals surface area (Å²) in [7, 11) is 0. The Morgan fingerprint density at radius 3 is 2.95 bits per heavy atom. The zero-order chi connectivity index (χ0) is 13.0. The molecule has 1 aromatic carbocycles. The molecule has 2 heterocycles. The number of rotatable bonds is 2. The fourth-order valence-electron chi connectivity index (χ4n) is 3.21. The first kappa shape index (κ1) is 11.4. The number of hydrogen-bond donors (Lipinski definition) is 1. The number of fused-ring (bicyclic) bond motifs is 1. The average molecular weight is 259 g/mol. The Kier molecular flexibility index (Phi) is 2.28. The molecule has 1 unspecified atom stereocenters. The highest BCUT2D eigenvalue weighted by Crippen LogP contribution is 2.42. The third kappa shape index (κ3) is 1.70. The second kappa shape index (κ2) is 3.79. The Bertz CT molecular complexity index is 636. The predicted octanol–water partition coefficient (Wildman–Crippen LogP) is 2.76. The van der Waals surface area contributed by atoms with Crippen molar-refractivity contribution in [3.8, 4) is 0 Å². The molecule has 1 atom stereocenters. The number of hydrogen-bond acceptors (Lipinski definition) is 2. The third-order valence-corrected chi connectivity index (χ3v) is 4.47. The Hall–Kier alpha value is -1.42. The highest BCUT2D eigenvalue weighted by Gasteiger charge is 2.39. The summed E-state index contributed by atoms with van der Waals surface area (Å²) >= 11 is 0. The summed E-state index contributed by atoms with van der Waals surface area (Å²) in [6, 6.07) is 5.55. The number of halogens is 1. The molecule has 0 radical (unpaired) electrons. The summed E-state index contributed by atoms with van der Waals surface area (Å²) in [6.45, 7) is 4.27. The summed E-state index contributed by atoms with van der Waals surface area (Å²) in [5, 5.41) is 3.43. The number of aromatic nitrogens is 2. The average Bonchev–Trinajstić information content (AvgIpc) is 3.01. The zero-order valence-corrected chi connectivity index (χ0v) is 11.1. The van der Waals surface area contributed by atoms with Gasteiger partial charge >= 0.3 is 0 Å². The van der Waals surface area contributed by atoms with E-state index in [9.17, 15) is 4.39 Å². The van der Waals surface area contributed by atoms with E-state index in [1.165, 1.54) is 12.8 Å². The molecular weight excluding hydrogens is 241 g/mol. The van der Waals surface area contributed by atoms with Crippen LogP contribution in [0.4, 0.5) is 4.39 Å². The normalized spacial score (nSPS) is 27.3. The highest BCUT2D eigenvalue weighted by molar-refractivity contribution is 5.76. The summed E-state index contributed by atoms with van der Waals surface area (Å²) in [5.74, 6) is 0.940. The van der Waals surface area contributed by atoms with Gasteiger partial charge in [0.1, 0.15) is 11.6 Å². The smallest absolute Gasteiger partial charge is 0.125 e. The fourth-order valence-corrected chi connectivity index (χ4v) is 3.21. The van der Waals surface area contributed by atoms with Crippen LogP contribution in [-0.2, 0) is 5.41 Å². The number of benzene rings is 1. The van der Waals surface area contributed by atoms with Crippen molar-refractivity contribution < 1.29 is 4.39 Å². The van der Waals surface area contributed by atoms with Gasteiger partial charge in [0.15, 0.2) is 0 Å². The van der Waals surface area contributed by atoms with Gasteiger partial charge in [0.2, 0.25) is 0 Å². The van der Waals surface area contributed by atoms with Crippen molar-refractivity contribution in [1.29, 1.82) is 0 Å². The zero-order valence-electron chi connectivity index (χ0n) is 11.1. The molecule has 0 amide bonds. The largest absolute Gasteiger partial charge is 0.324 e. The van der Waals surface area contributed by atoms with Crippen LogP contribution in [0.1, 0.15) is 38.1 Å². The van der Waals surface area contributed by atoms with Crippen LogP contribution >= 0.6 is 0 Å². The lowest BCUT2D eigenvalue weighted by molar-refractivity contribution is 0.462. The van der Waals surface area contributed by atoms with Crippen molar-refractivity contribution in [2.75, 3.05) is 13.1 Å². The molecule has 1 aromatic heterocycles. The molecule has 1 aliphatic heterocycles. The molecule has 2 aliphatic rings. The van der Waals surface area contributed by atoms with Crippen molar-refractivity contribution in [3.63, 3.8) is 0 Å². The first-order chi connectivity index (χ1) is 9.17. The molecule has 1 N–H and O–H groups in total. The van der Waals surface area contributed by atoms with Gasteiger partial charge in [-0.3, -0.25) is 0 Å². The van der Waals surface area contributed by atoms with Crippen LogP contribution in [0.25, 0.3) is 11.0 Å². The quantitative estimate of drug-likeness (QED) is 0.898. The topological polar surface area (TPSA) is 29.9 Å². The van der Waals surface area contributed by atoms with E-state index < -0.39 is 0 Å².